The fraction of sp³-hybridized carbons (Fsp3) is 0.818. The molecule has 4 nitrogen and oxygen atoms in total. The standard InChI is InChI=1S/C11H22N2O2/c1-8(2)12-9(14)6-7-10(15)13-11(3,4)5/h8H,6-7H2,1-5H3,(H,12,14)(H,13,15). The summed E-state index contributed by atoms with van der Waals surface area (Å²) < 4.78 is 0. The summed E-state index contributed by atoms with van der Waals surface area (Å²) in [4.78, 5) is 22.6. The Morgan fingerprint density at radius 1 is 1.07 bits per heavy atom. The zero-order chi connectivity index (χ0) is 12.1. The van der Waals surface area contributed by atoms with Crippen LogP contribution < -0.4 is 10.6 Å². The Bertz CT molecular complexity index is 229. The lowest BCUT2D eigenvalue weighted by Crippen LogP contribution is -2.41. The van der Waals surface area contributed by atoms with Crippen LogP contribution in [0.1, 0.15) is 47.5 Å². The monoisotopic (exact) mass is 214 g/mol. The van der Waals surface area contributed by atoms with Gasteiger partial charge in [-0.1, -0.05) is 0 Å². The van der Waals surface area contributed by atoms with Crippen molar-refractivity contribution < 1.29 is 9.59 Å². The molecule has 0 rings (SSSR count). The SMILES string of the molecule is CC(C)NC(=O)CCC(=O)NC(C)(C)C. The van der Waals surface area contributed by atoms with Gasteiger partial charge in [-0.15, -0.1) is 0 Å². The van der Waals surface area contributed by atoms with Gasteiger partial charge in [0.2, 0.25) is 11.8 Å². The van der Waals surface area contributed by atoms with Gasteiger partial charge in [-0.2, -0.15) is 0 Å². The van der Waals surface area contributed by atoms with E-state index in [0.29, 0.717) is 0 Å². The van der Waals surface area contributed by atoms with Crippen molar-refractivity contribution >= 4 is 11.8 Å². The van der Waals surface area contributed by atoms with Gasteiger partial charge in [-0.05, 0) is 34.6 Å². The van der Waals surface area contributed by atoms with E-state index in [4.69, 9.17) is 0 Å². The zero-order valence-corrected chi connectivity index (χ0v) is 10.3. The number of hydrogen-bond donors (Lipinski definition) is 2. The fourth-order valence-electron chi connectivity index (χ4n) is 1.10. The highest BCUT2D eigenvalue weighted by atomic mass is 16.2. The fourth-order valence-corrected chi connectivity index (χ4v) is 1.10. The lowest BCUT2D eigenvalue weighted by atomic mass is 10.1. The van der Waals surface area contributed by atoms with Crippen molar-refractivity contribution in [3.63, 3.8) is 0 Å². The Kier molecular flexibility index (Phi) is 5.33. The topological polar surface area (TPSA) is 58.2 Å². The van der Waals surface area contributed by atoms with Crippen LogP contribution in [0.25, 0.3) is 0 Å². The van der Waals surface area contributed by atoms with Gasteiger partial charge in [-0.25, -0.2) is 0 Å². The first-order chi connectivity index (χ1) is 6.70. The molecule has 0 spiro atoms. The molecule has 0 fully saturated rings. The van der Waals surface area contributed by atoms with Crippen LogP contribution in [-0.2, 0) is 9.59 Å². The lowest BCUT2D eigenvalue weighted by molar-refractivity contribution is -0.127. The first kappa shape index (κ1) is 13.9. The van der Waals surface area contributed by atoms with Crippen molar-refractivity contribution in [1.29, 1.82) is 0 Å². The van der Waals surface area contributed by atoms with Gasteiger partial charge in [0.15, 0.2) is 0 Å². The third kappa shape index (κ3) is 9.25. The first-order valence-electron chi connectivity index (χ1n) is 5.31. The van der Waals surface area contributed by atoms with Crippen molar-refractivity contribution in [2.75, 3.05) is 0 Å². The summed E-state index contributed by atoms with van der Waals surface area (Å²) >= 11 is 0. The molecule has 4 heteroatoms. The number of hydrogen-bond acceptors (Lipinski definition) is 2. The highest BCUT2D eigenvalue weighted by Crippen LogP contribution is 2.00. The smallest absolute Gasteiger partial charge is 0.220 e. The van der Waals surface area contributed by atoms with Crippen molar-refractivity contribution in [1.82, 2.24) is 10.6 Å². The van der Waals surface area contributed by atoms with Crippen LogP contribution in [0.4, 0.5) is 0 Å². The van der Waals surface area contributed by atoms with Crippen molar-refractivity contribution in [3.8, 4) is 0 Å². The van der Waals surface area contributed by atoms with E-state index in [2.05, 4.69) is 10.6 Å². The average Bonchev–Trinajstić information content (AvgIpc) is 1.96. The Morgan fingerprint density at radius 2 is 1.53 bits per heavy atom. The summed E-state index contributed by atoms with van der Waals surface area (Å²) in [6, 6.07) is 0.128. The molecule has 0 aliphatic carbocycles. The Labute approximate surface area is 91.8 Å². The summed E-state index contributed by atoms with van der Waals surface area (Å²) in [5.74, 6) is -0.157. The first-order valence-corrected chi connectivity index (χ1v) is 5.31. The van der Waals surface area contributed by atoms with E-state index >= 15 is 0 Å². The summed E-state index contributed by atoms with van der Waals surface area (Å²) in [6.45, 7) is 9.54. The molecule has 0 heterocycles. The van der Waals surface area contributed by atoms with Crippen LogP contribution in [0, 0.1) is 0 Å². The largest absolute Gasteiger partial charge is 0.354 e. The van der Waals surface area contributed by atoms with Crippen LogP contribution in [0.5, 0.6) is 0 Å². The lowest BCUT2D eigenvalue weighted by Gasteiger charge is -2.20. The second-order valence-electron chi connectivity index (χ2n) is 5.02. The molecule has 0 atom stereocenters. The van der Waals surface area contributed by atoms with Crippen LogP contribution in [0.3, 0.4) is 0 Å². The summed E-state index contributed by atoms with van der Waals surface area (Å²) in [6.07, 6.45) is 0.496. The summed E-state index contributed by atoms with van der Waals surface area (Å²) in [7, 11) is 0. The molecule has 2 N–H and O–H groups in total. The molecule has 0 aliphatic rings. The minimum absolute atomic E-state index is 0.0749. The molecule has 0 saturated carbocycles. The van der Waals surface area contributed by atoms with E-state index in [0.717, 1.165) is 0 Å². The molecule has 0 radical (unpaired) electrons. The van der Waals surface area contributed by atoms with Crippen molar-refractivity contribution in [2.45, 2.75) is 59.0 Å². The van der Waals surface area contributed by atoms with Crippen molar-refractivity contribution in [2.24, 2.45) is 0 Å². The molecule has 0 saturated heterocycles. The van der Waals surface area contributed by atoms with Crippen LogP contribution >= 0.6 is 0 Å². The van der Waals surface area contributed by atoms with Gasteiger partial charge >= 0.3 is 0 Å². The number of nitrogens with one attached hydrogen (secondary N) is 2. The van der Waals surface area contributed by atoms with Gasteiger partial charge < -0.3 is 10.6 Å². The number of rotatable bonds is 4. The van der Waals surface area contributed by atoms with Crippen molar-refractivity contribution in [3.05, 3.63) is 0 Å². The van der Waals surface area contributed by atoms with E-state index < -0.39 is 0 Å². The highest BCUT2D eigenvalue weighted by molar-refractivity contribution is 5.84. The molecule has 0 unspecified atom stereocenters. The highest BCUT2D eigenvalue weighted by Gasteiger charge is 2.14. The molecule has 2 amide bonds. The maximum absolute atomic E-state index is 11.4. The minimum atomic E-state index is -0.231. The third-order valence-corrected chi connectivity index (χ3v) is 1.54. The predicted molar refractivity (Wildman–Crippen MR) is 60.4 cm³/mol. The number of carbonyl (C=O) groups excluding carboxylic acids is 2. The maximum atomic E-state index is 11.4. The quantitative estimate of drug-likeness (QED) is 0.739. The van der Waals surface area contributed by atoms with Gasteiger partial charge in [-0.3, -0.25) is 9.59 Å². The molecule has 0 aromatic rings. The normalized spacial score (nSPS) is 11.3. The number of amides is 2. The van der Waals surface area contributed by atoms with E-state index in [9.17, 15) is 9.59 Å². The van der Waals surface area contributed by atoms with Crippen LogP contribution in [-0.4, -0.2) is 23.4 Å². The van der Waals surface area contributed by atoms with Crippen LogP contribution in [0.15, 0.2) is 0 Å². The number of carbonyl (C=O) groups is 2. The molecule has 0 bridgehead atoms. The molecule has 0 aromatic heterocycles. The Morgan fingerprint density at radius 3 is 1.93 bits per heavy atom. The van der Waals surface area contributed by atoms with Crippen LogP contribution in [0.2, 0.25) is 0 Å². The van der Waals surface area contributed by atoms with Gasteiger partial charge in [0.05, 0.1) is 0 Å². The van der Waals surface area contributed by atoms with E-state index in [1.54, 1.807) is 0 Å². The van der Waals surface area contributed by atoms with Gasteiger partial charge in [0.25, 0.3) is 0 Å². The molecule has 88 valence electrons. The van der Waals surface area contributed by atoms with Gasteiger partial charge in [0.1, 0.15) is 0 Å². The second kappa shape index (κ2) is 5.73. The molecule has 0 aliphatic heterocycles. The van der Waals surface area contributed by atoms with E-state index in [1.165, 1.54) is 0 Å². The summed E-state index contributed by atoms with van der Waals surface area (Å²) in [5.41, 5.74) is -0.231. The average molecular weight is 214 g/mol. The van der Waals surface area contributed by atoms with E-state index in [1.807, 2.05) is 34.6 Å². The minimum Gasteiger partial charge on any atom is -0.354 e. The van der Waals surface area contributed by atoms with Gasteiger partial charge in [0, 0.05) is 24.4 Å². The van der Waals surface area contributed by atoms with E-state index in [-0.39, 0.29) is 36.2 Å². The molecular formula is C11H22N2O2. The Balaban J connectivity index is 3.77. The summed E-state index contributed by atoms with van der Waals surface area (Å²) in [5, 5.41) is 5.55. The molecule has 0 aromatic carbocycles. The maximum Gasteiger partial charge on any atom is 0.220 e. The zero-order valence-electron chi connectivity index (χ0n) is 10.3. The third-order valence-electron chi connectivity index (χ3n) is 1.54. The second-order valence-corrected chi connectivity index (χ2v) is 5.02. The predicted octanol–water partition coefficient (Wildman–Crippen LogP) is 1.21. The molecular weight excluding hydrogens is 192 g/mol. The Hall–Kier alpha value is -1.06. The molecule has 15 heavy (non-hydrogen) atoms.